The third kappa shape index (κ3) is 6.57. The maximum absolute atomic E-state index is 14.3. The fourth-order valence-corrected chi connectivity index (χ4v) is 7.96. The Kier molecular flexibility index (Phi) is 8.76. The molecule has 4 aliphatic rings. The highest BCUT2D eigenvalue weighted by Gasteiger charge is 2.55. The molecular weight excluding hydrogens is 592 g/mol. The lowest BCUT2D eigenvalue weighted by Crippen LogP contribution is -2.54. The SMILES string of the molecule is Cn1nccc1C(=O)N[C@H](C(=O)Nc1cccc(C2(C(=O)NCC3(C)CCC3)CCOC2)c1)C(C1CCC(F)(F)CC1)C1(C)CC1. The van der Waals surface area contributed by atoms with Crippen molar-refractivity contribution < 1.29 is 27.9 Å². The van der Waals surface area contributed by atoms with Crippen molar-refractivity contribution in [3.8, 4) is 0 Å². The van der Waals surface area contributed by atoms with E-state index in [-0.39, 0.29) is 48.0 Å². The van der Waals surface area contributed by atoms with Crippen molar-refractivity contribution in [3.05, 3.63) is 47.8 Å². The average Bonchev–Trinajstić information content (AvgIpc) is 3.36. The summed E-state index contributed by atoms with van der Waals surface area (Å²) in [6.45, 7) is 5.62. The van der Waals surface area contributed by atoms with Gasteiger partial charge in [0.2, 0.25) is 17.7 Å². The van der Waals surface area contributed by atoms with E-state index in [1.54, 1.807) is 19.2 Å². The highest BCUT2D eigenvalue weighted by molar-refractivity contribution is 6.01. The van der Waals surface area contributed by atoms with Gasteiger partial charge < -0.3 is 20.7 Å². The van der Waals surface area contributed by atoms with Gasteiger partial charge in [0.05, 0.1) is 12.0 Å². The Hall–Kier alpha value is -3.34. The first kappa shape index (κ1) is 32.6. The summed E-state index contributed by atoms with van der Waals surface area (Å²) >= 11 is 0. The number of amides is 3. The van der Waals surface area contributed by atoms with Crippen LogP contribution in [0.15, 0.2) is 36.5 Å². The number of anilines is 1. The van der Waals surface area contributed by atoms with E-state index in [0.717, 1.165) is 31.2 Å². The molecule has 0 radical (unpaired) electrons. The molecule has 6 rings (SSSR count). The zero-order valence-electron chi connectivity index (χ0n) is 27.2. The largest absolute Gasteiger partial charge is 0.380 e. The number of rotatable bonds is 11. The molecular formula is C35H47F2N5O4. The average molecular weight is 640 g/mol. The van der Waals surface area contributed by atoms with Crippen molar-refractivity contribution >= 4 is 23.4 Å². The quantitative estimate of drug-likeness (QED) is 0.306. The summed E-state index contributed by atoms with van der Waals surface area (Å²) in [6.07, 6.45) is 7.30. The minimum atomic E-state index is -2.70. The Morgan fingerprint density at radius 1 is 1.04 bits per heavy atom. The Bertz CT molecular complexity index is 1450. The highest BCUT2D eigenvalue weighted by atomic mass is 19.3. The molecule has 3 amide bonds. The van der Waals surface area contributed by atoms with Crippen molar-refractivity contribution in [2.24, 2.45) is 29.7 Å². The van der Waals surface area contributed by atoms with Crippen LogP contribution < -0.4 is 16.0 Å². The van der Waals surface area contributed by atoms with E-state index >= 15 is 0 Å². The Labute approximate surface area is 269 Å². The van der Waals surface area contributed by atoms with Crippen LogP contribution >= 0.6 is 0 Å². The van der Waals surface area contributed by atoms with Crippen molar-refractivity contribution in [2.75, 3.05) is 25.1 Å². The summed E-state index contributed by atoms with van der Waals surface area (Å²) in [6, 6.07) is 7.94. The lowest BCUT2D eigenvalue weighted by Gasteiger charge is -2.41. The number of hydrogen-bond acceptors (Lipinski definition) is 5. The van der Waals surface area contributed by atoms with Gasteiger partial charge in [-0.05, 0) is 91.4 Å². The van der Waals surface area contributed by atoms with Gasteiger partial charge in [-0.15, -0.1) is 0 Å². The minimum Gasteiger partial charge on any atom is -0.380 e. The zero-order chi connectivity index (χ0) is 32.7. The van der Waals surface area contributed by atoms with Gasteiger partial charge in [0.1, 0.15) is 11.7 Å². The molecule has 3 atom stereocenters. The lowest BCUT2D eigenvalue weighted by atomic mass is 9.68. The van der Waals surface area contributed by atoms with Gasteiger partial charge in [0.25, 0.3) is 5.91 Å². The first-order valence-corrected chi connectivity index (χ1v) is 16.8. The number of nitrogens with one attached hydrogen (secondary N) is 3. The second-order valence-electron chi connectivity index (χ2n) is 15.0. The van der Waals surface area contributed by atoms with E-state index in [2.05, 4.69) is 34.9 Å². The molecule has 3 N–H and O–H groups in total. The minimum absolute atomic E-state index is 0.0706. The van der Waals surface area contributed by atoms with Crippen LogP contribution in [0.4, 0.5) is 14.5 Å². The van der Waals surface area contributed by atoms with Crippen molar-refractivity contribution in [1.82, 2.24) is 20.4 Å². The van der Waals surface area contributed by atoms with Gasteiger partial charge in [0.15, 0.2) is 0 Å². The molecule has 11 heteroatoms. The Balaban J connectivity index is 1.26. The van der Waals surface area contributed by atoms with Crippen LogP contribution in [0, 0.1) is 22.7 Å². The molecule has 1 aromatic carbocycles. The van der Waals surface area contributed by atoms with E-state index in [0.29, 0.717) is 43.8 Å². The van der Waals surface area contributed by atoms with Crippen LogP contribution in [-0.4, -0.2) is 59.2 Å². The number of carbonyl (C=O) groups is 3. The molecule has 9 nitrogen and oxygen atoms in total. The van der Waals surface area contributed by atoms with Crippen molar-refractivity contribution in [1.29, 1.82) is 0 Å². The maximum atomic E-state index is 14.3. The number of hydrogen-bond donors (Lipinski definition) is 3. The van der Waals surface area contributed by atoms with Gasteiger partial charge in [0, 0.05) is 44.9 Å². The highest BCUT2D eigenvalue weighted by Crippen LogP contribution is 2.58. The number of alkyl halides is 2. The van der Waals surface area contributed by atoms with E-state index in [4.69, 9.17) is 4.74 Å². The standard InChI is InChI=1S/C35H47F2N5O4/c1-32(11-5-12-32)21-38-31(45)34(17-19-46-22-34)24-6-4-7-25(20-24)40-30(44)28(41-29(43)26-10-18-39-42(26)3)27(33(2)15-16-33)23-8-13-35(36,37)14-9-23/h4,6-7,10,18,20,23,27-28H,5,8-9,11-17,19,21-22H2,1-3H3,(H,38,45)(H,40,44)(H,41,43)/t27?,28-,34?/m0/s1. The molecule has 1 aromatic heterocycles. The molecule has 0 spiro atoms. The van der Waals surface area contributed by atoms with Crippen LogP contribution in [0.5, 0.6) is 0 Å². The van der Waals surface area contributed by atoms with Crippen molar-refractivity contribution in [3.63, 3.8) is 0 Å². The van der Waals surface area contributed by atoms with Crippen molar-refractivity contribution in [2.45, 2.75) is 95.4 Å². The Morgan fingerprint density at radius 2 is 1.78 bits per heavy atom. The monoisotopic (exact) mass is 639 g/mol. The van der Waals surface area contributed by atoms with E-state index < -0.39 is 29.2 Å². The van der Waals surface area contributed by atoms with Gasteiger partial charge in [-0.2, -0.15) is 5.10 Å². The first-order chi connectivity index (χ1) is 21.8. The van der Waals surface area contributed by atoms with Crippen LogP contribution in [0.2, 0.25) is 0 Å². The fraction of sp³-hybridized carbons (Fsp3) is 0.657. The van der Waals surface area contributed by atoms with Gasteiger partial charge in [-0.25, -0.2) is 8.78 Å². The molecule has 1 saturated heterocycles. The molecule has 46 heavy (non-hydrogen) atoms. The summed E-state index contributed by atoms with van der Waals surface area (Å²) in [4.78, 5) is 41.5. The van der Waals surface area contributed by atoms with Crippen LogP contribution in [0.3, 0.4) is 0 Å². The molecule has 3 saturated carbocycles. The van der Waals surface area contributed by atoms with Gasteiger partial charge >= 0.3 is 0 Å². The number of benzene rings is 1. The summed E-state index contributed by atoms with van der Waals surface area (Å²) in [5.74, 6) is -4.08. The fourth-order valence-electron chi connectivity index (χ4n) is 7.96. The molecule has 3 aliphatic carbocycles. The summed E-state index contributed by atoms with van der Waals surface area (Å²) < 4.78 is 35.7. The topological polar surface area (TPSA) is 114 Å². The lowest BCUT2D eigenvalue weighted by molar-refractivity contribution is -0.127. The van der Waals surface area contributed by atoms with Gasteiger partial charge in [-0.1, -0.05) is 32.4 Å². The van der Waals surface area contributed by atoms with Crippen LogP contribution in [0.1, 0.15) is 94.1 Å². The number of aryl methyl sites for hydroxylation is 1. The third-order valence-corrected chi connectivity index (χ3v) is 11.5. The molecule has 0 bridgehead atoms. The molecule has 250 valence electrons. The number of carbonyl (C=O) groups excluding carboxylic acids is 3. The summed E-state index contributed by atoms with van der Waals surface area (Å²) in [7, 11) is 1.66. The van der Waals surface area contributed by atoms with E-state index in [1.807, 2.05) is 18.2 Å². The smallest absolute Gasteiger partial charge is 0.270 e. The van der Waals surface area contributed by atoms with Crippen LogP contribution in [-0.2, 0) is 26.8 Å². The first-order valence-electron chi connectivity index (χ1n) is 16.8. The maximum Gasteiger partial charge on any atom is 0.270 e. The second-order valence-corrected chi connectivity index (χ2v) is 15.0. The molecule has 4 fully saturated rings. The second kappa shape index (κ2) is 12.4. The molecule has 1 aliphatic heterocycles. The number of halogens is 2. The summed E-state index contributed by atoms with van der Waals surface area (Å²) in [5.41, 5.74) is 0.577. The zero-order valence-corrected chi connectivity index (χ0v) is 27.2. The number of nitrogens with zero attached hydrogens (tertiary/aromatic N) is 2. The molecule has 2 unspecified atom stereocenters. The molecule has 2 aromatic rings. The number of aromatic nitrogens is 2. The van der Waals surface area contributed by atoms with E-state index in [9.17, 15) is 23.2 Å². The Morgan fingerprint density at radius 3 is 2.37 bits per heavy atom. The predicted molar refractivity (Wildman–Crippen MR) is 169 cm³/mol. The summed E-state index contributed by atoms with van der Waals surface area (Å²) in [5, 5.41) is 13.3. The number of ether oxygens (including phenoxy) is 1. The molecule has 2 heterocycles. The normalized spacial score (nSPS) is 25.9. The van der Waals surface area contributed by atoms with Gasteiger partial charge in [-0.3, -0.25) is 19.1 Å². The predicted octanol–water partition coefficient (Wildman–Crippen LogP) is 5.36. The third-order valence-electron chi connectivity index (χ3n) is 11.5. The van der Waals surface area contributed by atoms with Crippen LogP contribution in [0.25, 0.3) is 0 Å². The van der Waals surface area contributed by atoms with E-state index in [1.165, 1.54) is 17.3 Å².